The minimum atomic E-state index is -0.181. The van der Waals surface area contributed by atoms with Crippen LogP contribution in [0.15, 0.2) is 30.3 Å². The van der Waals surface area contributed by atoms with E-state index in [1.165, 1.54) is 11.3 Å². The number of carbonyl (C=O) groups is 1. The molecule has 1 heterocycles. The van der Waals surface area contributed by atoms with Crippen LogP contribution in [-0.4, -0.2) is 21.9 Å². The van der Waals surface area contributed by atoms with Crippen molar-refractivity contribution in [3.63, 3.8) is 0 Å². The van der Waals surface area contributed by atoms with E-state index in [9.17, 15) is 4.79 Å². The number of aromatic nitrogens is 2. The van der Waals surface area contributed by atoms with Crippen molar-refractivity contribution in [1.82, 2.24) is 10.2 Å². The molecule has 0 fully saturated rings. The van der Waals surface area contributed by atoms with E-state index < -0.39 is 0 Å². The number of thiol groups is 1. The van der Waals surface area contributed by atoms with Gasteiger partial charge in [0.05, 0.1) is 5.75 Å². The van der Waals surface area contributed by atoms with E-state index in [4.69, 9.17) is 0 Å². The lowest BCUT2D eigenvalue weighted by atomic mass is 10.2. The molecule has 4 nitrogen and oxygen atoms in total. The zero-order valence-corrected chi connectivity index (χ0v) is 9.96. The van der Waals surface area contributed by atoms with Crippen LogP contribution in [0, 0.1) is 0 Å². The first-order chi connectivity index (χ1) is 7.79. The molecule has 16 heavy (non-hydrogen) atoms. The van der Waals surface area contributed by atoms with E-state index in [1.807, 2.05) is 30.3 Å². The van der Waals surface area contributed by atoms with Gasteiger partial charge in [0.25, 0.3) is 0 Å². The highest BCUT2D eigenvalue weighted by Gasteiger charge is 2.07. The van der Waals surface area contributed by atoms with Gasteiger partial charge in [0.2, 0.25) is 11.0 Å². The van der Waals surface area contributed by atoms with E-state index in [1.54, 1.807) is 0 Å². The first-order valence-corrected chi connectivity index (χ1v) is 6.04. The summed E-state index contributed by atoms with van der Waals surface area (Å²) < 4.78 is 0. The molecule has 2 aromatic rings. The number of carbonyl (C=O) groups excluding carboxylic acids is 1. The third-order valence-corrected chi connectivity index (χ3v) is 3.01. The first-order valence-electron chi connectivity index (χ1n) is 4.59. The van der Waals surface area contributed by atoms with Crippen molar-refractivity contribution in [2.45, 2.75) is 0 Å². The summed E-state index contributed by atoms with van der Waals surface area (Å²) in [7, 11) is 0. The standard InChI is InChI=1S/C10H9N3OS2/c14-8(6-15)11-10-13-12-9(16-10)7-4-2-1-3-5-7/h1-5,15H,6H2,(H,11,13,14). The molecule has 82 valence electrons. The molecule has 0 aliphatic heterocycles. The minimum Gasteiger partial charge on any atom is -0.300 e. The van der Waals surface area contributed by atoms with Gasteiger partial charge in [-0.15, -0.1) is 10.2 Å². The predicted molar refractivity (Wildman–Crippen MR) is 67.8 cm³/mol. The summed E-state index contributed by atoms with van der Waals surface area (Å²) in [6, 6.07) is 9.70. The van der Waals surface area contributed by atoms with Gasteiger partial charge in [0.1, 0.15) is 5.01 Å². The van der Waals surface area contributed by atoms with Gasteiger partial charge in [0.15, 0.2) is 0 Å². The molecule has 0 aliphatic carbocycles. The van der Waals surface area contributed by atoms with E-state index in [2.05, 4.69) is 28.1 Å². The second kappa shape index (κ2) is 5.09. The molecule has 1 N–H and O–H groups in total. The largest absolute Gasteiger partial charge is 0.300 e. The van der Waals surface area contributed by atoms with Gasteiger partial charge in [-0.1, -0.05) is 41.7 Å². The van der Waals surface area contributed by atoms with Crippen LogP contribution in [0.4, 0.5) is 5.13 Å². The number of nitrogens with zero attached hydrogens (tertiary/aromatic N) is 2. The molecule has 0 radical (unpaired) electrons. The topological polar surface area (TPSA) is 54.9 Å². The quantitative estimate of drug-likeness (QED) is 0.821. The SMILES string of the molecule is O=C(CS)Nc1nnc(-c2ccccc2)s1. The number of benzene rings is 1. The number of anilines is 1. The summed E-state index contributed by atoms with van der Waals surface area (Å²) >= 11 is 5.21. The Morgan fingerprint density at radius 2 is 2.06 bits per heavy atom. The monoisotopic (exact) mass is 251 g/mol. The minimum absolute atomic E-state index is 0.139. The molecule has 0 aliphatic rings. The smallest absolute Gasteiger partial charge is 0.235 e. The second-order valence-electron chi connectivity index (χ2n) is 2.98. The van der Waals surface area contributed by atoms with Crippen LogP contribution in [0.25, 0.3) is 10.6 Å². The molecule has 1 amide bonds. The van der Waals surface area contributed by atoms with Crippen LogP contribution in [0.3, 0.4) is 0 Å². The van der Waals surface area contributed by atoms with Crippen molar-refractivity contribution in [2.24, 2.45) is 0 Å². The molecule has 6 heteroatoms. The molecule has 0 saturated carbocycles. The van der Waals surface area contributed by atoms with Gasteiger partial charge in [-0.05, 0) is 0 Å². The summed E-state index contributed by atoms with van der Waals surface area (Å²) in [5.41, 5.74) is 0.992. The molecule has 1 aromatic heterocycles. The lowest BCUT2D eigenvalue weighted by molar-refractivity contribution is -0.113. The van der Waals surface area contributed by atoms with Gasteiger partial charge >= 0.3 is 0 Å². The maximum atomic E-state index is 11.1. The number of hydrogen-bond donors (Lipinski definition) is 2. The van der Waals surface area contributed by atoms with Gasteiger partial charge in [0, 0.05) is 5.56 Å². The highest BCUT2D eigenvalue weighted by Crippen LogP contribution is 2.25. The Kier molecular flexibility index (Phi) is 3.53. The summed E-state index contributed by atoms with van der Waals surface area (Å²) in [6.07, 6.45) is 0. The third kappa shape index (κ3) is 2.59. The predicted octanol–water partition coefficient (Wildman–Crippen LogP) is 2.07. The van der Waals surface area contributed by atoms with Gasteiger partial charge < -0.3 is 0 Å². The normalized spacial score (nSPS) is 10.1. The zero-order chi connectivity index (χ0) is 11.4. The molecule has 0 saturated heterocycles. The summed E-state index contributed by atoms with van der Waals surface area (Å²) in [6.45, 7) is 0. The van der Waals surface area contributed by atoms with Crippen molar-refractivity contribution in [1.29, 1.82) is 0 Å². The van der Waals surface area contributed by atoms with Crippen molar-refractivity contribution in [3.8, 4) is 10.6 Å². The fraction of sp³-hybridized carbons (Fsp3) is 0.100. The summed E-state index contributed by atoms with van der Waals surface area (Å²) in [4.78, 5) is 11.1. The fourth-order valence-corrected chi connectivity index (χ4v) is 1.97. The van der Waals surface area contributed by atoms with Gasteiger partial charge in [-0.2, -0.15) is 12.6 Å². The molecule has 2 rings (SSSR count). The van der Waals surface area contributed by atoms with Crippen LogP contribution in [0.1, 0.15) is 0 Å². The Bertz CT molecular complexity index is 484. The van der Waals surface area contributed by atoms with Crippen molar-refractivity contribution in [3.05, 3.63) is 30.3 Å². The van der Waals surface area contributed by atoms with Crippen LogP contribution >= 0.6 is 24.0 Å². The molecule has 0 spiro atoms. The second-order valence-corrected chi connectivity index (χ2v) is 4.28. The third-order valence-electron chi connectivity index (χ3n) is 1.84. The van der Waals surface area contributed by atoms with E-state index in [0.717, 1.165) is 10.6 Å². The van der Waals surface area contributed by atoms with E-state index >= 15 is 0 Å². The summed E-state index contributed by atoms with van der Waals surface area (Å²) in [5, 5.41) is 11.8. The lowest BCUT2D eigenvalue weighted by Gasteiger charge is -1.94. The molecule has 0 unspecified atom stereocenters. The number of amides is 1. The average Bonchev–Trinajstić information content (AvgIpc) is 2.78. The Hall–Kier alpha value is -1.40. The van der Waals surface area contributed by atoms with E-state index in [0.29, 0.717) is 5.13 Å². The summed E-state index contributed by atoms with van der Waals surface area (Å²) in [5.74, 6) is -0.0423. The number of rotatable bonds is 3. The van der Waals surface area contributed by atoms with Crippen LogP contribution in [0.5, 0.6) is 0 Å². The lowest BCUT2D eigenvalue weighted by Crippen LogP contribution is -2.12. The first kappa shape index (κ1) is 11.1. The van der Waals surface area contributed by atoms with Crippen molar-refractivity contribution >= 4 is 35.0 Å². The molecular weight excluding hydrogens is 242 g/mol. The zero-order valence-electron chi connectivity index (χ0n) is 8.25. The molecule has 0 bridgehead atoms. The molecule has 0 atom stereocenters. The van der Waals surface area contributed by atoms with Crippen molar-refractivity contribution in [2.75, 3.05) is 11.1 Å². The van der Waals surface area contributed by atoms with Gasteiger partial charge in [-0.25, -0.2) is 0 Å². The van der Waals surface area contributed by atoms with Crippen molar-refractivity contribution < 1.29 is 4.79 Å². The molecule has 1 aromatic carbocycles. The van der Waals surface area contributed by atoms with Crippen LogP contribution in [0.2, 0.25) is 0 Å². The Morgan fingerprint density at radius 3 is 2.75 bits per heavy atom. The van der Waals surface area contributed by atoms with E-state index in [-0.39, 0.29) is 11.7 Å². The average molecular weight is 251 g/mol. The maximum Gasteiger partial charge on any atom is 0.235 e. The fourth-order valence-electron chi connectivity index (χ4n) is 1.13. The van der Waals surface area contributed by atoms with Gasteiger partial charge in [-0.3, -0.25) is 10.1 Å². The number of nitrogens with one attached hydrogen (secondary N) is 1. The van der Waals surface area contributed by atoms with Crippen LogP contribution in [-0.2, 0) is 4.79 Å². The number of hydrogen-bond acceptors (Lipinski definition) is 5. The Labute approximate surface area is 102 Å². The highest BCUT2D eigenvalue weighted by molar-refractivity contribution is 7.81. The highest BCUT2D eigenvalue weighted by atomic mass is 32.1. The Morgan fingerprint density at radius 1 is 1.31 bits per heavy atom. The maximum absolute atomic E-state index is 11.1. The van der Waals surface area contributed by atoms with Crippen LogP contribution < -0.4 is 5.32 Å². The Balaban J connectivity index is 2.17. The molecular formula is C10H9N3OS2.